The number of ether oxygens (including phenoxy) is 1. The largest absolute Gasteiger partial charge is 0.492 e. The molecule has 130 valence electrons. The van der Waals surface area contributed by atoms with Gasteiger partial charge in [-0.3, -0.25) is 4.90 Å². The molecule has 0 unspecified atom stereocenters. The van der Waals surface area contributed by atoms with E-state index in [0.29, 0.717) is 0 Å². The highest BCUT2D eigenvalue weighted by molar-refractivity contribution is 5.82. The van der Waals surface area contributed by atoms with Crippen molar-refractivity contribution in [1.82, 2.24) is 4.90 Å². The lowest BCUT2D eigenvalue weighted by Gasteiger charge is -2.26. The van der Waals surface area contributed by atoms with E-state index in [1.165, 1.54) is 54.6 Å². The van der Waals surface area contributed by atoms with Crippen molar-refractivity contribution in [2.45, 2.75) is 32.1 Å². The molecule has 25 heavy (non-hydrogen) atoms. The Balaban J connectivity index is 1.44. The summed E-state index contributed by atoms with van der Waals surface area (Å²) < 4.78 is 6.06. The minimum absolute atomic E-state index is 0.778. The van der Waals surface area contributed by atoms with Crippen LogP contribution in [0.5, 0.6) is 5.75 Å². The average molecular weight is 333 g/mol. The first-order valence-electron chi connectivity index (χ1n) is 9.57. The molecular weight excluding hydrogens is 306 g/mol. The molecule has 2 aromatic rings. The molecule has 2 aromatic carbocycles. The van der Waals surface area contributed by atoms with Crippen molar-refractivity contribution in [2.24, 2.45) is 0 Å². The summed E-state index contributed by atoms with van der Waals surface area (Å²) >= 11 is 0. The highest BCUT2D eigenvalue weighted by Crippen LogP contribution is 2.33. The third-order valence-electron chi connectivity index (χ3n) is 5.53. The molecule has 0 saturated carbocycles. The molecule has 0 atom stereocenters. The van der Waals surface area contributed by atoms with Gasteiger partial charge in [-0.15, -0.1) is 0 Å². The number of piperidine rings is 1. The molecule has 1 fully saturated rings. The lowest BCUT2D eigenvalue weighted by atomic mass is 9.95. The molecule has 1 heterocycles. The van der Waals surface area contributed by atoms with Crippen LogP contribution in [0, 0.1) is 0 Å². The number of hydrogen-bond donors (Lipinski definition) is 0. The summed E-state index contributed by atoms with van der Waals surface area (Å²) in [7, 11) is 0. The van der Waals surface area contributed by atoms with Crippen molar-refractivity contribution in [3.8, 4) is 5.75 Å². The van der Waals surface area contributed by atoms with Crippen LogP contribution >= 0.6 is 0 Å². The molecule has 0 radical (unpaired) electrons. The van der Waals surface area contributed by atoms with Gasteiger partial charge in [-0.05, 0) is 78.7 Å². The quantitative estimate of drug-likeness (QED) is 0.803. The maximum absolute atomic E-state index is 6.06. The van der Waals surface area contributed by atoms with Crippen molar-refractivity contribution in [3.05, 3.63) is 71.3 Å². The minimum Gasteiger partial charge on any atom is -0.492 e. The second-order valence-corrected chi connectivity index (χ2v) is 7.21. The summed E-state index contributed by atoms with van der Waals surface area (Å²) in [5, 5.41) is 0. The van der Waals surface area contributed by atoms with E-state index < -0.39 is 0 Å². The van der Waals surface area contributed by atoms with E-state index in [-0.39, 0.29) is 0 Å². The van der Waals surface area contributed by atoms with Gasteiger partial charge in [0.05, 0.1) is 0 Å². The van der Waals surface area contributed by atoms with E-state index in [9.17, 15) is 0 Å². The van der Waals surface area contributed by atoms with Gasteiger partial charge in [0.1, 0.15) is 12.4 Å². The molecule has 0 aromatic heterocycles. The molecule has 0 bridgehead atoms. The van der Waals surface area contributed by atoms with Crippen LogP contribution in [-0.2, 0) is 12.8 Å². The summed E-state index contributed by atoms with van der Waals surface area (Å²) in [6, 6.07) is 15.2. The van der Waals surface area contributed by atoms with Crippen LogP contribution in [0.1, 0.15) is 41.5 Å². The van der Waals surface area contributed by atoms with E-state index in [2.05, 4.69) is 53.9 Å². The topological polar surface area (TPSA) is 12.5 Å². The monoisotopic (exact) mass is 333 g/mol. The summed E-state index contributed by atoms with van der Waals surface area (Å²) in [6.07, 6.45) is 6.17. The molecule has 4 rings (SSSR count). The fourth-order valence-corrected chi connectivity index (χ4v) is 4.08. The molecule has 1 aliphatic carbocycles. The standard InChI is InChI=1S/C23H27NO/c1-18-22-8-4-3-7-19(22)9-10-20-17-21(11-12-23(18)20)25-16-15-24-13-5-2-6-14-24/h3-4,7-8,11-12,17H,1-2,5-6,9-10,13-16H2. The Morgan fingerprint density at radius 2 is 1.64 bits per heavy atom. The van der Waals surface area contributed by atoms with Gasteiger partial charge in [0.25, 0.3) is 0 Å². The molecule has 2 nitrogen and oxygen atoms in total. The Labute approximate surface area is 151 Å². The Morgan fingerprint density at radius 1 is 0.880 bits per heavy atom. The Kier molecular flexibility index (Phi) is 4.89. The molecule has 2 aliphatic rings. The Hall–Kier alpha value is -2.06. The van der Waals surface area contributed by atoms with Crippen LogP contribution in [0.25, 0.3) is 5.57 Å². The number of nitrogens with zero attached hydrogens (tertiary/aromatic N) is 1. The summed E-state index contributed by atoms with van der Waals surface area (Å²) in [4.78, 5) is 2.52. The SMILES string of the molecule is C=C1c2ccccc2CCc2cc(OCCN3CCCCC3)ccc21. The Morgan fingerprint density at radius 3 is 2.52 bits per heavy atom. The first-order valence-corrected chi connectivity index (χ1v) is 9.57. The molecule has 0 spiro atoms. The molecule has 0 N–H and O–H groups in total. The molecule has 0 amide bonds. The van der Waals surface area contributed by atoms with Crippen molar-refractivity contribution < 1.29 is 4.74 Å². The lowest BCUT2D eigenvalue weighted by molar-refractivity contribution is 0.183. The fourth-order valence-electron chi connectivity index (χ4n) is 4.08. The number of aryl methyl sites for hydroxylation is 2. The first kappa shape index (κ1) is 16.4. The third kappa shape index (κ3) is 3.64. The van der Waals surface area contributed by atoms with Crippen LogP contribution in [0.3, 0.4) is 0 Å². The molecule has 1 aliphatic heterocycles. The number of fused-ring (bicyclic) bond motifs is 2. The number of rotatable bonds is 4. The van der Waals surface area contributed by atoms with Gasteiger partial charge in [0.2, 0.25) is 0 Å². The number of benzene rings is 2. The first-order chi connectivity index (χ1) is 12.3. The third-order valence-corrected chi connectivity index (χ3v) is 5.53. The van der Waals surface area contributed by atoms with Gasteiger partial charge in [-0.2, -0.15) is 0 Å². The van der Waals surface area contributed by atoms with Crippen molar-refractivity contribution >= 4 is 5.57 Å². The van der Waals surface area contributed by atoms with E-state index >= 15 is 0 Å². The predicted molar refractivity (Wildman–Crippen MR) is 104 cm³/mol. The van der Waals surface area contributed by atoms with Gasteiger partial charge >= 0.3 is 0 Å². The summed E-state index contributed by atoms with van der Waals surface area (Å²) in [5.74, 6) is 0.995. The average Bonchev–Trinajstić information content (AvgIpc) is 2.80. The second-order valence-electron chi connectivity index (χ2n) is 7.21. The molecule has 2 heteroatoms. The highest BCUT2D eigenvalue weighted by Gasteiger charge is 2.17. The van der Waals surface area contributed by atoms with Crippen LogP contribution in [0.4, 0.5) is 0 Å². The van der Waals surface area contributed by atoms with Gasteiger partial charge in [0.15, 0.2) is 0 Å². The summed E-state index contributed by atoms with van der Waals surface area (Å²) in [6.45, 7) is 8.63. The van der Waals surface area contributed by atoms with Gasteiger partial charge < -0.3 is 4.74 Å². The molecule has 1 saturated heterocycles. The second kappa shape index (κ2) is 7.45. The number of hydrogen-bond acceptors (Lipinski definition) is 2. The fraction of sp³-hybridized carbons (Fsp3) is 0.391. The zero-order valence-electron chi connectivity index (χ0n) is 15.0. The maximum atomic E-state index is 6.06. The zero-order valence-corrected chi connectivity index (χ0v) is 15.0. The van der Waals surface area contributed by atoms with Gasteiger partial charge in [0, 0.05) is 6.54 Å². The van der Waals surface area contributed by atoms with Crippen LogP contribution < -0.4 is 4.74 Å². The van der Waals surface area contributed by atoms with Crippen molar-refractivity contribution in [3.63, 3.8) is 0 Å². The summed E-state index contributed by atoms with van der Waals surface area (Å²) in [5.41, 5.74) is 6.46. The minimum atomic E-state index is 0.778. The van der Waals surface area contributed by atoms with Crippen molar-refractivity contribution in [2.75, 3.05) is 26.2 Å². The van der Waals surface area contributed by atoms with Gasteiger partial charge in [-0.25, -0.2) is 0 Å². The van der Waals surface area contributed by atoms with Crippen molar-refractivity contribution in [1.29, 1.82) is 0 Å². The normalized spacial score (nSPS) is 17.5. The Bertz CT molecular complexity index is 758. The van der Waals surface area contributed by atoms with E-state index in [1.54, 1.807) is 0 Å². The highest BCUT2D eigenvalue weighted by atomic mass is 16.5. The zero-order chi connectivity index (χ0) is 17.1. The molecular formula is C23H27NO. The van der Waals surface area contributed by atoms with E-state index in [0.717, 1.165) is 37.3 Å². The predicted octanol–water partition coefficient (Wildman–Crippen LogP) is 4.71. The number of likely N-dealkylation sites (tertiary alicyclic amines) is 1. The maximum Gasteiger partial charge on any atom is 0.119 e. The van der Waals surface area contributed by atoms with Crippen LogP contribution in [0.2, 0.25) is 0 Å². The lowest BCUT2D eigenvalue weighted by Crippen LogP contribution is -2.33. The van der Waals surface area contributed by atoms with Crippen LogP contribution in [-0.4, -0.2) is 31.1 Å². The van der Waals surface area contributed by atoms with Gasteiger partial charge in [-0.1, -0.05) is 43.3 Å². The smallest absolute Gasteiger partial charge is 0.119 e. The van der Waals surface area contributed by atoms with E-state index in [1.807, 2.05) is 0 Å². The van der Waals surface area contributed by atoms with Crippen LogP contribution in [0.15, 0.2) is 49.0 Å². The van der Waals surface area contributed by atoms with E-state index in [4.69, 9.17) is 4.74 Å².